The molecule has 0 aromatic heterocycles. The number of methoxy groups -OCH3 is 2. The summed E-state index contributed by atoms with van der Waals surface area (Å²) < 4.78 is 10.6. The van der Waals surface area contributed by atoms with E-state index in [1.54, 1.807) is 14.2 Å². The van der Waals surface area contributed by atoms with Crippen LogP contribution in [0, 0.1) is 0 Å². The van der Waals surface area contributed by atoms with Gasteiger partial charge in [-0.05, 0) is 29.8 Å². The predicted octanol–water partition coefficient (Wildman–Crippen LogP) is 3.49. The van der Waals surface area contributed by atoms with Gasteiger partial charge in [0.05, 0.1) is 25.3 Å². The highest BCUT2D eigenvalue weighted by molar-refractivity contribution is 6.32. The van der Waals surface area contributed by atoms with E-state index in [2.05, 4.69) is 4.90 Å². The number of anilines is 1. The smallest absolute Gasteiger partial charge is 0.179 e. The third-order valence-electron chi connectivity index (χ3n) is 3.69. The molecule has 0 aliphatic carbocycles. The average molecular weight is 321 g/mol. The van der Waals surface area contributed by atoms with Gasteiger partial charge in [-0.2, -0.15) is 0 Å². The van der Waals surface area contributed by atoms with Crippen LogP contribution in [0.2, 0.25) is 5.02 Å². The summed E-state index contributed by atoms with van der Waals surface area (Å²) in [5, 5.41) is 0.511. The summed E-state index contributed by atoms with van der Waals surface area (Å²) in [5.41, 5.74) is 8.07. The Kier molecular flexibility index (Phi) is 5.52. The molecule has 0 spiro atoms. The first kappa shape index (κ1) is 16.5. The molecule has 4 nitrogen and oxygen atoms in total. The first-order chi connectivity index (χ1) is 10.6. The van der Waals surface area contributed by atoms with Gasteiger partial charge in [0.1, 0.15) is 0 Å². The van der Waals surface area contributed by atoms with Crippen molar-refractivity contribution >= 4 is 17.3 Å². The number of hydrogen-bond donors (Lipinski definition) is 1. The summed E-state index contributed by atoms with van der Waals surface area (Å²) in [6.07, 6.45) is 0. The number of hydrogen-bond acceptors (Lipinski definition) is 4. The van der Waals surface area contributed by atoms with Crippen LogP contribution in [0.4, 0.5) is 5.69 Å². The van der Waals surface area contributed by atoms with Gasteiger partial charge in [0, 0.05) is 19.3 Å². The maximum Gasteiger partial charge on any atom is 0.179 e. The van der Waals surface area contributed by atoms with E-state index < -0.39 is 0 Å². The molecule has 118 valence electrons. The second kappa shape index (κ2) is 7.38. The number of halogens is 1. The van der Waals surface area contributed by atoms with Gasteiger partial charge in [-0.15, -0.1) is 0 Å². The van der Waals surface area contributed by atoms with Crippen LogP contribution in [0.3, 0.4) is 0 Å². The van der Waals surface area contributed by atoms with Crippen LogP contribution in [0.25, 0.3) is 0 Å². The number of rotatable bonds is 6. The number of nitrogens with zero attached hydrogens (tertiary/aromatic N) is 1. The van der Waals surface area contributed by atoms with Crippen LogP contribution < -0.4 is 20.1 Å². The van der Waals surface area contributed by atoms with E-state index in [-0.39, 0.29) is 6.04 Å². The highest BCUT2D eigenvalue weighted by atomic mass is 35.5. The van der Waals surface area contributed by atoms with E-state index in [0.29, 0.717) is 23.1 Å². The van der Waals surface area contributed by atoms with Crippen molar-refractivity contribution in [3.63, 3.8) is 0 Å². The minimum Gasteiger partial charge on any atom is -0.493 e. The summed E-state index contributed by atoms with van der Waals surface area (Å²) >= 11 is 6.30. The number of ether oxygens (including phenoxy) is 2. The lowest BCUT2D eigenvalue weighted by atomic mass is 10.0. The molecular weight excluding hydrogens is 300 g/mol. The number of likely N-dealkylation sites (N-methyl/N-ethyl adjacent to an activating group) is 1. The minimum atomic E-state index is -0.0142. The van der Waals surface area contributed by atoms with Crippen molar-refractivity contribution in [3.8, 4) is 11.5 Å². The van der Waals surface area contributed by atoms with Gasteiger partial charge in [0.2, 0.25) is 0 Å². The monoisotopic (exact) mass is 320 g/mol. The summed E-state index contributed by atoms with van der Waals surface area (Å²) in [6.45, 7) is 0.456. The maximum absolute atomic E-state index is 6.30. The molecule has 0 heterocycles. The zero-order chi connectivity index (χ0) is 16.1. The van der Waals surface area contributed by atoms with Crippen molar-refractivity contribution in [1.82, 2.24) is 0 Å². The Hall–Kier alpha value is -1.91. The number of nitrogens with two attached hydrogens (primary N) is 1. The molecule has 2 rings (SSSR count). The van der Waals surface area contributed by atoms with Crippen LogP contribution in [0.15, 0.2) is 42.5 Å². The quantitative estimate of drug-likeness (QED) is 0.885. The molecule has 2 N–H and O–H groups in total. The topological polar surface area (TPSA) is 47.7 Å². The Morgan fingerprint density at radius 1 is 1.14 bits per heavy atom. The fourth-order valence-electron chi connectivity index (χ4n) is 2.49. The molecule has 5 heteroatoms. The SMILES string of the molecule is COc1cc(C(CN)N(C)c2ccccc2)cc(Cl)c1OC. The molecule has 0 saturated heterocycles. The van der Waals surface area contributed by atoms with Gasteiger partial charge in [0.25, 0.3) is 0 Å². The highest BCUT2D eigenvalue weighted by Gasteiger charge is 2.20. The van der Waals surface area contributed by atoms with Crippen LogP contribution >= 0.6 is 11.6 Å². The van der Waals surface area contributed by atoms with Crippen molar-refractivity contribution in [2.24, 2.45) is 5.73 Å². The van der Waals surface area contributed by atoms with Crippen molar-refractivity contribution in [3.05, 3.63) is 53.1 Å². The van der Waals surface area contributed by atoms with Gasteiger partial charge in [-0.3, -0.25) is 0 Å². The molecule has 1 atom stereocenters. The van der Waals surface area contributed by atoms with E-state index in [4.69, 9.17) is 26.8 Å². The second-order valence-corrected chi connectivity index (χ2v) is 5.34. The molecule has 1 unspecified atom stereocenters. The lowest BCUT2D eigenvalue weighted by Gasteiger charge is -2.30. The predicted molar refractivity (Wildman–Crippen MR) is 91.2 cm³/mol. The largest absolute Gasteiger partial charge is 0.493 e. The second-order valence-electron chi connectivity index (χ2n) is 4.94. The molecule has 0 saturated carbocycles. The van der Waals surface area contributed by atoms with E-state index in [1.807, 2.05) is 49.5 Å². The summed E-state index contributed by atoms with van der Waals surface area (Å²) in [4.78, 5) is 2.12. The molecule has 22 heavy (non-hydrogen) atoms. The molecule has 2 aromatic carbocycles. The van der Waals surface area contributed by atoms with Crippen molar-refractivity contribution in [2.45, 2.75) is 6.04 Å². The molecule has 0 radical (unpaired) electrons. The third kappa shape index (κ3) is 3.29. The zero-order valence-electron chi connectivity index (χ0n) is 13.0. The minimum absolute atomic E-state index is 0.0142. The molecule has 0 fully saturated rings. The van der Waals surface area contributed by atoms with Crippen molar-refractivity contribution < 1.29 is 9.47 Å². The van der Waals surface area contributed by atoms with Gasteiger partial charge in [0.15, 0.2) is 11.5 Å². The molecular formula is C17H21ClN2O2. The Morgan fingerprint density at radius 3 is 2.36 bits per heavy atom. The first-order valence-electron chi connectivity index (χ1n) is 7.01. The summed E-state index contributed by atoms with van der Waals surface area (Å²) in [6, 6.07) is 13.9. The molecule has 0 amide bonds. The van der Waals surface area contributed by atoms with Crippen molar-refractivity contribution in [2.75, 3.05) is 32.7 Å². The fraction of sp³-hybridized carbons (Fsp3) is 0.294. The van der Waals surface area contributed by atoms with Gasteiger partial charge < -0.3 is 20.1 Å². The lowest BCUT2D eigenvalue weighted by Crippen LogP contribution is -2.30. The molecule has 0 aliphatic heterocycles. The Labute approximate surface area is 136 Å². The molecule has 0 aliphatic rings. The van der Waals surface area contributed by atoms with E-state index in [0.717, 1.165) is 11.3 Å². The average Bonchev–Trinajstić information content (AvgIpc) is 2.55. The fourth-order valence-corrected chi connectivity index (χ4v) is 2.79. The van der Waals surface area contributed by atoms with Crippen molar-refractivity contribution in [1.29, 1.82) is 0 Å². The van der Waals surface area contributed by atoms with Crippen LogP contribution in [0.1, 0.15) is 11.6 Å². The standard InChI is InChI=1S/C17H21ClN2O2/c1-20(13-7-5-4-6-8-13)15(11-19)12-9-14(18)17(22-3)16(10-12)21-2/h4-10,15H,11,19H2,1-3H3. The van der Waals surface area contributed by atoms with E-state index in [9.17, 15) is 0 Å². The van der Waals surface area contributed by atoms with Crippen LogP contribution in [-0.2, 0) is 0 Å². The third-order valence-corrected chi connectivity index (χ3v) is 3.98. The Balaban J connectivity index is 2.41. The van der Waals surface area contributed by atoms with Crippen LogP contribution in [0.5, 0.6) is 11.5 Å². The number of benzene rings is 2. The molecule has 0 bridgehead atoms. The van der Waals surface area contributed by atoms with Crippen LogP contribution in [-0.4, -0.2) is 27.8 Å². The van der Waals surface area contributed by atoms with E-state index >= 15 is 0 Å². The Bertz CT molecular complexity index is 620. The van der Waals surface area contributed by atoms with Gasteiger partial charge in [-0.1, -0.05) is 29.8 Å². The zero-order valence-corrected chi connectivity index (χ0v) is 13.8. The van der Waals surface area contributed by atoms with E-state index in [1.165, 1.54) is 0 Å². The lowest BCUT2D eigenvalue weighted by molar-refractivity contribution is 0.354. The Morgan fingerprint density at radius 2 is 1.82 bits per heavy atom. The highest BCUT2D eigenvalue weighted by Crippen LogP contribution is 2.38. The maximum atomic E-state index is 6.30. The normalized spacial score (nSPS) is 11.9. The number of para-hydroxylation sites is 1. The molecule has 2 aromatic rings. The summed E-state index contributed by atoms with van der Waals surface area (Å²) in [7, 11) is 5.17. The first-order valence-corrected chi connectivity index (χ1v) is 7.39. The van der Waals surface area contributed by atoms with Gasteiger partial charge in [-0.25, -0.2) is 0 Å². The van der Waals surface area contributed by atoms with Gasteiger partial charge >= 0.3 is 0 Å². The summed E-state index contributed by atoms with van der Waals surface area (Å²) in [5.74, 6) is 1.14.